The molecular weight excluding hydrogens is 512 g/mol. The number of nitrogens with zero attached hydrogens (tertiary/aromatic N) is 1. The molecule has 1 aromatic heterocycles. The van der Waals surface area contributed by atoms with Crippen molar-refractivity contribution in [2.45, 2.75) is 77.1 Å². The molecule has 0 aliphatic carbocycles. The van der Waals surface area contributed by atoms with E-state index in [1.807, 2.05) is 58.0 Å². The van der Waals surface area contributed by atoms with Crippen LogP contribution in [0.15, 0.2) is 47.5 Å². The number of carbonyl (C=O) groups excluding carboxylic acids is 3. The van der Waals surface area contributed by atoms with Crippen molar-refractivity contribution in [3.63, 3.8) is 0 Å². The predicted octanol–water partition coefficient (Wildman–Crippen LogP) is 2.99. The third-order valence-corrected chi connectivity index (χ3v) is 6.76. The van der Waals surface area contributed by atoms with Crippen molar-refractivity contribution in [1.29, 1.82) is 0 Å². The summed E-state index contributed by atoms with van der Waals surface area (Å²) >= 11 is 0. The van der Waals surface area contributed by atoms with Crippen LogP contribution in [-0.4, -0.2) is 66.8 Å². The second kappa shape index (κ2) is 13.7. The zero-order valence-corrected chi connectivity index (χ0v) is 24.3. The van der Waals surface area contributed by atoms with Crippen LogP contribution < -0.4 is 16.0 Å². The summed E-state index contributed by atoms with van der Waals surface area (Å²) in [5.74, 6) is -0.0776. The number of Topliss-reactive ketones (excluding diaryl/α,β-unsaturated/α-hetero) is 1. The van der Waals surface area contributed by atoms with Crippen LogP contribution in [0.25, 0.3) is 5.70 Å². The third kappa shape index (κ3) is 8.50. The Morgan fingerprint density at radius 1 is 1.02 bits per heavy atom. The van der Waals surface area contributed by atoms with Crippen molar-refractivity contribution in [1.82, 2.24) is 21.1 Å². The average Bonchev–Trinajstić information content (AvgIpc) is 3.45. The Balaban J connectivity index is 1.78. The molecule has 218 valence electrons. The zero-order valence-electron chi connectivity index (χ0n) is 24.3. The van der Waals surface area contributed by atoms with E-state index in [0.717, 1.165) is 5.56 Å². The SMILES string of the molecule is C=C(N[C@@H](COC)C(=O)N[C@@H](Cc1ccccc1)C(=O)N[C@@H](CC(C)C)C(=O)[C@@]1(C)CO1)c1cc(C(C)C)on1. The Kier molecular flexibility index (Phi) is 10.6. The van der Waals surface area contributed by atoms with Crippen molar-refractivity contribution < 1.29 is 28.4 Å². The molecular formula is C30H42N4O6. The number of hydrogen-bond donors (Lipinski definition) is 3. The minimum atomic E-state index is -0.945. The van der Waals surface area contributed by atoms with Gasteiger partial charge in [0, 0.05) is 25.5 Å². The molecule has 1 aliphatic heterocycles. The van der Waals surface area contributed by atoms with E-state index in [1.54, 1.807) is 13.0 Å². The summed E-state index contributed by atoms with van der Waals surface area (Å²) in [6, 6.07) is 8.60. The van der Waals surface area contributed by atoms with Crippen molar-refractivity contribution in [3.05, 3.63) is 60.0 Å². The summed E-state index contributed by atoms with van der Waals surface area (Å²) < 4.78 is 16.0. The number of epoxide rings is 1. The fraction of sp³-hybridized carbons (Fsp3) is 0.533. The highest BCUT2D eigenvalue weighted by Crippen LogP contribution is 2.29. The molecule has 1 fully saturated rings. The van der Waals surface area contributed by atoms with E-state index in [0.29, 0.717) is 30.2 Å². The van der Waals surface area contributed by atoms with E-state index in [9.17, 15) is 14.4 Å². The molecule has 2 amide bonds. The number of benzene rings is 1. The lowest BCUT2D eigenvalue weighted by Gasteiger charge is -2.27. The molecule has 2 heterocycles. The van der Waals surface area contributed by atoms with Crippen LogP contribution in [0.4, 0.5) is 0 Å². The number of nitrogens with one attached hydrogen (secondary N) is 3. The smallest absolute Gasteiger partial charge is 0.245 e. The van der Waals surface area contributed by atoms with Gasteiger partial charge in [0.15, 0.2) is 5.78 Å². The first-order valence-electron chi connectivity index (χ1n) is 13.7. The molecule has 0 bridgehead atoms. The number of rotatable bonds is 16. The Labute approximate surface area is 236 Å². The lowest BCUT2D eigenvalue weighted by Crippen LogP contribution is -2.57. The zero-order chi connectivity index (χ0) is 29.4. The lowest BCUT2D eigenvalue weighted by atomic mass is 9.93. The van der Waals surface area contributed by atoms with Gasteiger partial charge < -0.3 is 29.9 Å². The lowest BCUT2D eigenvalue weighted by molar-refractivity contribution is -0.133. The number of ketones is 1. The Morgan fingerprint density at radius 2 is 1.65 bits per heavy atom. The molecule has 1 saturated heterocycles. The van der Waals surface area contributed by atoms with Gasteiger partial charge in [0.25, 0.3) is 0 Å². The minimum absolute atomic E-state index is 0.0174. The quantitative estimate of drug-likeness (QED) is 0.270. The molecule has 1 aromatic carbocycles. The van der Waals surface area contributed by atoms with E-state index in [2.05, 4.69) is 27.7 Å². The van der Waals surface area contributed by atoms with Crippen LogP contribution in [-0.2, 0) is 30.3 Å². The van der Waals surface area contributed by atoms with E-state index in [4.69, 9.17) is 14.0 Å². The first-order chi connectivity index (χ1) is 18.9. The first-order valence-corrected chi connectivity index (χ1v) is 13.7. The first kappa shape index (κ1) is 31.0. The van der Waals surface area contributed by atoms with Gasteiger partial charge in [-0.3, -0.25) is 14.4 Å². The van der Waals surface area contributed by atoms with Gasteiger partial charge in [-0.2, -0.15) is 0 Å². The highest BCUT2D eigenvalue weighted by Gasteiger charge is 2.50. The highest BCUT2D eigenvalue weighted by atomic mass is 16.6. The molecule has 10 heteroatoms. The van der Waals surface area contributed by atoms with Gasteiger partial charge in [-0.25, -0.2) is 0 Å². The van der Waals surface area contributed by atoms with Gasteiger partial charge in [-0.15, -0.1) is 0 Å². The normalized spacial score (nSPS) is 18.6. The standard InChI is InChI=1S/C30H42N4O6/c1-18(2)13-23(27(35)30(6)17-39-30)32-28(36)24(14-21-11-9-8-10-12-21)33-29(37)25(16-38-7)31-20(5)22-15-26(19(3)4)40-34-22/h8-12,15,18-19,23-25,31H,5,13-14,16-17H2,1-4,6-7H3,(H,32,36)(H,33,37)/t23-,24-,25-,30+/m0/s1. The number of hydrogen-bond acceptors (Lipinski definition) is 8. The molecule has 4 atom stereocenters. The van der Waals surface area contributed by atoms with Gasteiger partial charge in [-0.05, 0) is 24.8 Å². The van der Waals surface area contributed by atoms with E-state index < -0.39 is 35.5 Å². The Morgan fingerprint density at radius 3 is 2.20 bits per heavy atom. The molecule has 2 aromatic rings. The van der Waals surface area contributed by atoms with Crippen LogP contribution in [0, 0.1) is 5.92 Å². The van der Waals surface area contributed by atoms with Crippen molar-refractivity contribution >= 4 is 23.3 Å². The minimum Gasteiger partial charge on any atom is -0.382 e. The second-order valence-electron chi connectivity index (χ2n) is 11.2. The number of aromatic nitrogens is 1. The van der Waals surface area contributed by atoms with E-state index in [1.165, 1.54) is 7.11 Å². The largest absolute Gasteiger partial charge is 0.382 e. The molecule has 0 unspecified atom stereocenters. The number of ether oxygens (including phenoxy) is 2. The molecule has 0 saturated carbocycles. The van der Waals surface area contributed by atoms with Crippen LogP contribution in [0.2, 0.25) is 0 Å². The van der Waals surface area contributed by atoms with Gasteiger partial charge in [0.05, 0.1) is 25.0 Å². The molecule has 10 nitrogen and oxygen atoms in total. The van der Waals surface area contributed by atoms with Gasteiger partial charge >= 0.3 is 0 Å². The monoisotopic (exact) mass is 554 g/mol. The van der Waals surface area contributed by atoms with Crippen molar-refractivity contribution in [2.75, 3.05) is 20.3 Å². The molecule has 0 spiro atoms. The summed E-state index contributed by atoms with van der Waals surface area (Å²) in [4.78, 5) is 40.2. The van der Waals surface area contributed by atoms with Gasteiger partial charge in [0.2, 0.25) is 11.8 Å². The molecule has 40 heavy (non-hydrogen) atoms. The van der Waals surface area contributed by atoms with Crippen molar-refractivity contribution in [2.24, 2.45) is 5.92 Å². The Bertz CT molecular complexity index is 1170. The number of carbonyl (C=O) groups is 3. The maximum atomic E-state index is 13.6. The summed E-state index contributed by atoms with van der Waals surface area (Å²) in [5, 5.41) is 12.8. The second-order valence-corrected chi connectivity index (χ2v) is 11.2. The maximum absolute atomic E-state index is 13.6. The van der Waals surface area contributed by atoms with E-state index >= 15 is 0 Å². The van der Waals surface area contributed by atoms with Gasteiger partial charge in [0.1, 0.15) is 29.1 Å². The van der Waals surface area contributed by atoms with Crippen LogP contribution in [0.5, 0.6) is 0 Å². The summed E-state index contributed by atoms with van der Waals surface area (Å²) in [7, 11) is 1.48. The summed E-state index contributed by atoms with van der Waals surface area (Å²) in [5.41, 5.74) is 0.839. The Hall–Kier alpha value is -3.50. The molecule has 3 rings (SSSR count). The van der Waals surface area contributed by atoms with Crippen LogP contribution in [0.3, 0.4) is 0 Å². The molecule has 0 radical (unpaired) electrons. The highest BCUT2D eigenvalue weighted by molar-refractivity contribution is 5.98. The van der Waals surface area contributed by atoms with Crippen LogP contribution >= 0.6 is 0 Å². The molecule has 3 N–H and O–H groups in total. The maximum Gasteiger partial charge on any atom is 0.245 e. The third-order valence-electron chi connectivity index (χ3n) is 6.76. The van der Waals surface area contributed by atoms with Crippen molar-refractivity contribution in [3.8, 4) is 0 Å². The van der Waals surface area contributed by atoms with Crippen LogP contribution in [0.1, 0.15) is 64.0 Å². The fourth-order valence-electron chi connectivity index (χ4n) is 4.26. The number of methoxy groups -OCH3 is 1. The number of amides is 2. The summed E-state index contributed by atoms with van der Waals surface area (Å²) in [6.07, 6.45) is 0.690. The average molecular weight is 555 g/mol. The van der Waals surface area contributed by atoms with E-state index in [-0.39, 0.29) is 30.6 Å². The fourth-order valence-corrected chi connectivity index (χ4v) is 4.26. The summed E-state index contributed by atoms with van der Waals surface area (Å²) in [6.45, 7) is 14.0. The molecule has 1 aliphatic rings. The van der Waals surface area contributed by atoms with Gasteiger partial charge in [-0.1, -0.05) is 69.8 Å². The predicted molar refractivity (Wildman–Crippen MR) is 151 cm³/mol. The topological polar surface area (TPSA) is 135 Å².